The maximum atomic E-state index is 11.3. The lowest BCUT2D eigenvalue weighted by atomic mass is 9.67. The van der Waals surface area contributed by atoms with Crippen LogP contribution >= 0.6 is 0 Å². The summed E-state index contributed by atoms with van der Waals surface area (Å²) >= 11 is 0. The molecule has 1 heterocycles. The average molecular weight is 303 g/mol. The monoisotopic (exact) mass is 303 g/mol. The molecule has 0 spiro atoms. The first-order valence-electron chi connectivity index (χ1n) is 7.60. The van der Waals surface area contributed by atoms with Gasteiger partial charge in [0.1, 0.15) is 5.75 Å². The van der Waals surface area contributed by atoms with Crippen molar-refractivity contribution < 1.29 is 14.6 Å². The number of benzene rings is 1. The molecule has 0 bridgehead atoms. The van der Waals surface area contributed by atoms with E-state index in [9.17, 15) is 9.90 Å². The fourth-order valence-electron chi connectivity index (χ4n) is 3.46. The molecular formula is C18H25NO3. The quantitative estimate of drug-likeness (QED) is 0.872. The number of carboxylic acids is 1. The van der Waals surface area contributed by atoms with Crippen LogP contribution < -0.4 is 4.74 Å². The van der Waals surface area contributed by atoms with E-state index in [1.807, 2.05) is 25.2 Å². The fraction of sp³-hybridized carbons (Fsp3) is 0.500. The van der Waals surface area contributed by atoms with Crippen molar-refractivity contribution in [1.29, 1.82) is 0 Å². The minimum absolute atomic E-state index is 0.0976. The minimum atomic E-state index is -0.885. The van der Waals surface area contributed by atoms with Crippen molar-refractivity contribution >= 4 is 5.97 Å². The molecule has 0 radical (unpaired) electrons. The molecule has 1 saturated heterocycles. The summed E-state index contributed by atoms with van der Waals surface area (Å²) in [5.74, 6) is -0.0768. The van der Waals surface area contributed by atoms with E-state index in [2.05, 4.69) is 25.7 Å². The molecule has 22 heavy (non-hydrogen) atoms. The van der Waals surface area contributed by atoms with Crippen molar-refractivity contribution in [2.45, 2.75) is 38.6 Å². The van der Waals surface area contributed by atoms with Gasteiger partial charge in [-0.05, 0) is 62.7 Å². The van der Waals surface area contributed by atoms with Gasteiger partial charge in [0.15, 0.2) is 0 Å². The van der Waals surface area contributed by atoms with Gasteiger partial charge in [0, 0.05) is 17.5 Å². The molecule has 1 N–H and O–H groups in total. The highest BCUT2D eigenvalue weighted by Gasteiger charge is 2.40. The molecule has 0 aromatic heterocycles. The number of carboxylic acid groups (broad SMARTS) is 1. The van der Waals surface area contributed by atoms with Crippen LogP contribution in [0.25, 0.3) is 0 Å². The number of aryl methyl sites for hydroxylation is 1. The molecule has 1 fully saturated rings. The van der Waals surface area contributed by atoms with E-state index >= 15 is 0 Å². The second kappa shape index (κ2) is 6.13. The highest BCUT2D eigenvalue weighted by atomic mass is 16.5. The number of likely N-dealkylation sites (N-methyl/N-ethyl adjacent to an activating group) is 1. The Labute approximate surface area is 132 Å². The van der Waals surface area contributed by atoms with E-state index in [0.717, 1.165) is 35.4 Å². The lowest BCUT2D eigenvalue weighted by molar-refractivity contribution is -0.131. The Kier molecular flexibility index (Phi) is 4.61. The van der Waals surface area contributed by atoms with Crippen molar-refractivity contribution in [3.05, 3.63) is 41.0 Å². The number of nitrogens with zero attached hydrogens (tertiary/aromatic N) is 1. The largest absolute Gasteiger partial charge is 0.497 e. The van der Waals surface area contributed by atoms with Crippen LogP contribution in [0, 0.1) is 6.92 Å². The third kappa shape index (κ3) is 2.88. The zero-order valence-electron chi connectivity index (χ0n) is 14.0. The van der Waals surface area contributed by atoms with Crippen LogP contribution in [0.15, 0.2) is 29.8 Å². The van der Waals surface area contributed by atoms with Gasteiger partial charge in [-0.1, -0.05) is 13.0 Å². The van der Waals surface area contributed by atoms with Gasteiger partial charge in [0.05, 0.1) is 7.11 Å². The summed E-state index contributed by atoms with van der Waals surface area (Å²) in [6.07, 6.45) is 2.28. The molecule has 1 aliphatic heterocycles. The number of carbonyl (C=O) groups is 1. The third-order valence-corrected chi connectivity index (χ3v) is 5.03. The fourth-order valence-corrected chi connectivity index (χ4v) is 3.46. The molecule has 1 aromatic rings. The Balaban J connectivity index is 2.60. The second-order valence-corrected chi connectivity index (χ2v) is 6.36. The number of aliphatic carboxylic acids is 1. The maximum absolute atomic E-state index is 11.3. The normalized spacial score (nSPS) is 27.9. The van der Waals surface area contributed by atoms with Crippen LogP contribution in [-0.4, -0.2) is 42.7 Å². The molecule has 4 nitrogen and oxygen atoms in total. The SMILES string of the molecule is COc1ccc(C)c(C2(C)CCN(C)C(C)/C2=C\C(=O)O)c1. The third-order valence-electron chi connectivity index (χ3n) is 5.03. The highest BCUT2D eigenvalue weighted by Crippen LogP contribution is 2.43. The van der Waals surface area contributed by atoms with E-state index in [0.29, 0.717) is 0 Å². The number of methoxy groups -OCH3 is 1. The summed E-state index contributed by atoms with van der Waals surface area (Å²) in [6.45, 7) is 7.22. The van der Waals surface area contributed by atoms with Crippen molar-refractivity contribution in [1.82, 2.24) is 4.90 Å². The van der Waals surface area contributed by atoms with Gasteiger partial charge < -0.3 is 9.84 Å². The predicted octanol–water partition coefficient (Wildman–Crippen LogP) is 3.00. The van der Waals surface area contributed by atoms with Crippen LogP contribution in [0.5, 0.6) is 5.75 Å². The molecule has 120 valence electrons. The molecule has 0 amide bonds. The van der Waals surface area contributed by atoms with Crippen LogP contribution in [0.4, 0.5) is 0 Å². The summed E-state index contributed by atoms with van der Waals surface area (Å²) in [4.78, 5) is 13.5. The summed E-state index contributed by atoms with van der Waals surface area (Å²) in [7, 11) is 3.69. The zero-order chi connectivity index (χ0) is 16.5. The topological polar surface area (TPSA) is 49.8 Å². The van der Waals surface area contributed by atoms with E-state index in [1.54, 1.807) is 7.11 Å². The molecule has 1 aromatic carbocycles. The van der Waals surface area contributed by atoms with E-state index in [1.165, 1.54) is 6.08 Å². The number of piperidine rings is 1. The molecule has 2 rings (SSSR count). The van der Waals surface area contributed by atoms with Gasteiger partial charge in [-0.3, -0.25) is 4.90 Å². The van der Waals surface area contributed by atoms with Crippen molar-refractivity contribution in [3.8, 4) is 5.75 Å². The maximum Gasteiger partial charge on any atom is 0.328 e. The minimum Gasteiger partial charge on any atom is -0.497 e. The number of hydrogen-bond acceptors (Lipinski definition) is 3. The lowest BCUT2D eigenvalue weighted by Crippen LogP contribution is -2.47. The van der Waals surface area contributed by atoms with E-state index < -0.39 is 5.97 Å². The Morgan fingerprint density at radius 1 is 1.50 bits per heavy atom. The Bertz CT molecular complexity index is 608. The number of likely N-dealkylation sites (tertiary alicyclic amines) is 1. The Morgan fingerprint density at radius 3 is 2.77 bits per heavy atom. The average Bonchev–Trinajstić information content (AvgIpc) is 2.48. The first-order valence-corrected chi connectivity index (χ1v) is 7.60. The zero-order valence-corrected chi connectivity index (χ0v) is 14.0. The predicted molar refractivity (Wildman–Crippen MR) is 87.5 cm³/mol. The van der Waals surface area contributed by atoms with Gasteiger partial charge in [0.25, 0.3) is 0 Å². The summed E-state index contributed by atoms with van der Waals surface area (Å²) in [6, 6.07) is 6.13. The summed E-state index contributed by atoms with van der Waals surface area (Å²) in [5.41, 5.74) is 2.98. The van der Waals surface area contributed by atoms with Gasteiger partial charge in [-0.2, -0.15) is 0 Å². The summed E-state index contributed by atoms with van der Waals surface area (Å²) in [5, 5.41) is 9.30. The molecule has 2 atom stereocenters. The molecule has 1 aliphatic rings. The van der Waals surface area contributed by atoms with Crippen molar-refractivity contribution in [3.63, 3.8) is 0 Å². The first kappa shape index (κ1) is 16.6. The van der Waals surface area contributed by atoms with Gasteiger partial charge in [-0.15, -0.1) is 0 Å². The molecule has 0 saturated carbocycles. The second-order valence-electron chi connectivity index (χ2n) is 6.36. The van der Waals surface area contributed by atoms with Crippen molar-refractivity contribution in [2.24, 2.45) is 0 Å². The van der Waals surface area contributed by atoms with E-state index in [4.69, 9.17) is 4.74 Å². The number of rotatable bonds is 3. The van der Waals surface area contributed by atoms with Crippen LogP contribution in [0.1, 0.15) is 31.4 Å². The number of hydrogen-bond donors (Lipinski definition) is 1. The molecule has 0 aliphatic carbocycles. The van der Waals surface area contributed by atoms with Gasteiger partial charge >= 0.3 is 5.97 Å². The van der Waals surface area contributed by atoms with Crippen LogP contribution in [0.2, 0.25) is 0 Å². The number of ether oxygens (including phenoxy) is 1. The highest BCUT2D eigenvalue weighted by molar-refractivity contribution is 5.81. The lowest BCUT2D eigenvalue weighted by Gasteiger charge is -2.45. The van der Waals surface area contributed by atoms with Crippen molar-refractivity contribution in [2.75, 3.05) is 20.7 Å². The van der Waals surface area contributed by atoms with Gasteiger partial charge in [0.2, 0.25) is 0 Å². The van der Waals surface area contributed by atoms with E-state index in [-0.39, 0.29) is 11.5 Å². The molecule has 4 heteroatoms. The molecule has 2 unspecified atom stereocenters. The van der Waals surface area contributed by atoms with Gasteiger partial charge in [-0.25, -0.2) is 4.79 Å². The standard InChI is InChI=1S/C18H25NO3/c1-12-6-7-14(22-5)10-15(12)18(3)8-9-19(4)13(2)16(18)11-17(20)21/h6-7,10-11,13H,8-9H2,1-5H3,(H,20,21)/b16-11+. The molecular weight excluding hydrogens is 278 g/mol. The first-order chi connectivity index (χ1) is 10.3. The van der Waals surface area contributed by atoms with Crippen LogP contribution in [0.3, 0.4) is 0 Å². The summed E-state index contributed by atoms with van der Waals surface area (Å²) < 4.78 is 5.36. The Morgan fingerprint density at radius 2 is 2.18 bits per heavy atom. The van der Waals surface area contributed by atoms with Crippen LogP contribution in [-0.2, 0) is 10.2 Å². The smallest absolute Gasteiger partial charge is 0.328 e. The Hall–Kier alpha value is -1.81.